The summed E-state index contributed by atoms with van der Waals surface area (Å²) >= 11 is 1.30. The molecule has 0 fully saturated rings. The van der Waals surface area contributed by atoms with Crippen LogP contribution in [0.5, 0.6) is 5.75 Å². The molecule has 0 bridgehead atoms. The van der Waals surface area contributed by atoms with E-state index < -0.39 is 0 Å². The van der Waals surface area contributed by atoms with Gasteiger partial charge in [0, 0.05) is 7.05 Å². The van der Waals surface area contributed by atoms with E-state index in [0.717, 1.165) is 0 Å². The first-order valence-electron chi connectivity index (χ1n) is 7.33. The molecule has 23 heavy (non-hydrogen) atoms. The molecule has 122 valence electrons. The van der Waals surface area contributed by atoms with Crippen molar-refractivity contribution in [2.45, 2.75) is 19.8 Å². The van der Waals surface area contributed by atoms with E-state index in [-0.39, 0.29) is 18.4 Å². The maximum Gasteiger partial charge on any atom is 0.262 e. The van der Waals surface area contributed by atoms with Gasteiger partial charge in [-0.1, -0.05) is 26.0 Å². The normalized spacial score (nSPS) is 10.4. The Labute approximate surface area is 139 Å². The van der Waals surface area contributed by atoms with Gasteiger partial charge < -0.3 is 15.4 Å². The zero-order valence-corrected chi connectivity index (χ0v) is 14.2. The Morgan fingerprint density at radius 2 is 1.87 bits per heavy atom. The summed E-state index contributed by atoms with van der Waals surface area (Å²) < 4.78 is 5.47. The smallest absolute Gasteiger partial charge is 0.262 e. The van der Waals surface area contributed by atoms with Gasteiger partial charge in [0.2, 0.25) is 0 Å². The van der Waals surface area contributed by atoms with Crippen molar-refractivity contribution in [2.24, 2.45) is 0 Å². The van der Waals surface area contributed by atoms with Crippen LogP contribution in [0.4, 0.5) is 5.00 Å². The van der Waals surface area contributed by atoms with E-state index >= 15 is 0 Å². The number of rotatable bonds is 6. The molecule has 2 rings (SSSR count). The maximum atomic E-state index is 12.0. The molecule has 2 amide bonds. The molecule has 2 N–H and O–H groups in total. The average molecular weight is 332 g/mol. The highest BCUT2D eigenvalue weighted by molar-refractivity contribution is 7.14. The quantitative estimate of drug-likeness (QED) is 0.853. The van der Waals surface area contributed by atoms with Gasteiger partial charge in [-0.15, -0.1) is 11.3 Å². The Bertz CT molecular complexity index is 677. The predicted octanol–water partition coefficient (Wildman–Crippen LogP) is 3.25. The van der Waals surface area contributed by atoms with E-state index in [9.17, 15) is 9.59 Å². The summed E-state index contributed by atoms with van der Waals surface area (Å²) in [6, 6.07) is 9.35. The van der Waals surface area contributed by atoms with Gasteiger partial charge in [0.05, 0.1) is 5.56 Å². The largest absolute Gasteiger partial charge is 0.484 e. The number of hydrogen-bond donors (Lipinski definition) is 2. The van der Waals surface area contributed by atoms with Gasteiger partial charge in [0.15, 0.2) is 6.61 Å². The summed E-state index contributed by atoms with van der Waals surface area (Å²) in [5, 5.41) is 7.51. The summed E-state index contributed by atoms with van der Waals surface area (Å²) in [7, 11) is 1.55. The van der Waals surface area contributed by atoms with Crippen LogP contribution in [-0.4, -0.2) is 25.5 Å². The Hall–Kier alpha value is -2.34. The maximum absolute atomic E-state index is 12.0. The number of benzene rings is 1. The molecule has 0 radical (unpaired) electrons. The molecule has 1 aromatic carbocycles. The van der Waals surface area contributed by atoms with Crippen molar-refractivity contribution in [3.8, 4) is 5.75 Å². The van der Waals surface area contributed by atoms with E-state index in [0.29, 0.717) is 22.2 Å². The first kappa shape index (κ1) is 17.0. The number of carbonyl (C=O) groups excluding carboxylic acids is 2. The van der Waals surface area contributed by atoms with Crippen molar-refractivity contribution < 1.29 is 14.3 Å². The standard InChI is InChI=1S/C17H20N2O3S/c1-11(2)12-4-6-13(7-5-12)22-10-15(20)19-17-14(8-9-23-17)16(21)18-3/h4-9,11H,10H2,1-3H3,(H,18,21)(H,19,20). The predicted molar refractivity (Wildman–Crippen MR) is 92.4 cm³/mol. The number of hydrogen-bond acceptors (Lipinski definition) is 4. The second-order valence-electron chi connectivity index (χ2n) is 5.30. The number of ether oxygens (including phenoxy) is 1. The summed E-state index contributed by atoms with van der Waals surface area (Å²) in [5.74, 6) is 0.564. The minimum absolute atomic E-state index is 0.105. The van der Waals surface area contributed by atoms with E-state index in [2.05, 4.69) is 24.5 Å². The minimum Gasteiger partial charge on any atom is -0.484 e. The van der Waals surface area contributed by atoms with Gasteiger partial charge in [0.1, 0.15) is 10.8 Å². The fourth-order valence-electron chi connectivity index (χ4n) is 1.98. The lowest BCUT2D eigenvalue weighted by Gasteiger charge is -2.09. The lowest BCUT2D eigenvalue weighted by Crippen LogP contribution is -2.23. The second kappa shape index (κ2) is 7.78. The van der Waals surface area contributed by atoms with Gasteiger partial charge >= 0.3 is 0 Å². The molecular formula is C17H20N2O3S. The minimum atomic E-state index is -0.300. The van der Waals surface area contributed by atoms with Gasteiger partial charge in [-0.25, -0.2) is 0 Å². The molecule has 0 aliphatic heterocycles. The van der Waals surface area contributed by atoms with E-state index in [1.165, 1.54) is 16.9 Å². The van der Waals surface area contributed by atoms with Gasteiger partial charge in [-0.3, -0.25) is 9.59 Å². The van der Waals surface area contributed by atoms with Crippen LogP contribution in [0.25, 0.3) is 0 Å². The first-order valence-corrected chi connectivity index (χ1v) is 8.21. The molecule has 0 spiro atoms. The highest BCUT2D eigenvalue weighted by Crippen LogP contribution is 2.23. The topological polar surface area (TPSA) is 67.4 Å². The summed E-state index contributed by atoms with van der Waals surface area (Å²) in [6.45, 7) is 4.13. The SMILES string of the molecule is CNC(=O)c1ccsc1NC(=O)COc1ccc(C(C)C)cc1. The van der Waals surface area contributed by atoms with E-state index in [1.54, 1.807) is 18.5 Å². The van der Waals surface area contributed by atoms with Gasteiger partial charge in [-0.05, 0) is 35.1 Å². The number of thiophene rings is 1. The third kappa shape index (κ3) is 4.56. The lowest BCUT2D eigenvalue weighted by molar-refractivity contribution is -0.118. The van der Waals surface area contributed by atoms with Crippen LogP contribution >= 0.6 is 11.3 Å². The Kier molecular flexibility index (Phi) is 5.76. The Morgan fingerprint density at radius 1 is 1.17 bits per heavy atom. The molecule has 0 atom stereocenters. The van der Waals surface area contributed by atoms with E-state index in [1.807, 2.05) is 24.3 Å². The monoisotopic (exact) mass is 332 g/mol. The zero-order chi connectivity index (χ0) is 16.8. The molecule has 0 saturated heterocycles. The van der Waals surface area contributed by atoms with Crippen LogP contribution in [0, 0.1) is 0 Å². The average Bonchev–Trinajstić information content (AvgIpc) is 3.00. The van der Waals surface area contributed by atoms with Crippen LogP contribution in [-0.2, 0) is 4.79 Å². The molecule has 1 heterocycles. The fraction of sp³-hybridized carbons (Fsp3) is 0.294. The van der Waals surface area contributed by atoms with Crippen molar-refractivity contribution in [3.63, 3.8) is 0 Å². The van der Waals surface area contributed by atoms with Crippen LogP contribution in [0.2, 0.25) is 0 Å². The van der Waals surface area contributed by atoms with Gasteiger partial charge in [-0.2, -0.15) is 0 Å². The summed E-state index contributed by atoms with van der Waals surface area (Å²) in [6.07, 6.45) is 0. The highest BCUT2D eigenvalue weighted by atomic mass is 32.1. The Morgan fingerprint density at radius 3 is 2.48 bits per heavy atom. The fourth-order valence-corrected chi connectivity index (χ4v) is 2.78. The molecule has 1 aromatic heterocycles. The third-order valence-electron chi connectivity index (χ3n) is 3.31. The van der Waals surface area contributed by atoms with Crippen molar-refractivity contribution >= 4 is 28.2 Å². The number of carbonyl (C=O) groups is 2. The van der Waals surface area contributed by atoms with E-state index in [4.69, 9.17) is 4.74 Å². The van der Waals surface area contributed by atoms with Gasteiger partial charge in [0.25, 0.3) is 11.8 Å². The summed E-state index contributed by atoms with van der Waals surface area (Å²) in [4.78, 5) is 23.6. The number of amides is 2. The zero-order valence-electron chi connectivity index (χ0n) is 13.4. The second-order valence-corrected chi connectivity index (χ2v) is 6.22. The van der Waals surface area contributed by atoms with Crippen molar-refractivity contribution in [3.05, 3.63) is 46.8 Å². The van der Waals surface area contributed by atoms with Crippen LogP contribution in [0.1, 0.15) is 35.7 Å². The molecule has 6 heteroatoms. The van der Waals surface area contributed by atoms with Crippen LogP contribution in [0.15, 0.2) is 35.7 Å². The lowest BCUT2D eigenvalue weighted by atomic mass is 10.0. The third-order valence-corrected chi connectivity index (χ3v) is 4.14. The number of nitrogens with one attached hydrogen (secondary N) is 2. The molecule has 0 unspecified atom stereocenters. The first-order chi connectivity index (χ1) is 11.0. The van der Waals surface area contributed by atoms with Crippen LogP contribution < -0.4 is 15.4 Å². The highest BCUT2D eigenvalue weighted by Gasteiger charge is 2.14. The molecule has 0 aliphatic carbocycles. The molecule has 5 nitrogen and oxygen atoms in total. The molecule has 0 aliphatic rings. The Balaban J connectivity index is 1.90. The molecule has 2 aromatic rings. The number of anilines is 1. The summed E-state index contributed by atoms with van der Waals surface area (Å²) in [5.41, 5.74) is 1.67. The van der Waals surface area contributed by atoms with Crippen LogP contribution in [0.3, 0.4) is 0 Å². The molecular weight excluding hydrogens is 312 g/mol. The molecule has 0 saturated carbocycles. The van der Waals surface area contributed by atoms with Crippen molar-refractivity contribution in [1.29, 1.82) is 0 Å². The van der Waals surface area contributed by atoms with Crippen molar-refractivity contribution in [1.82, 2.24) is 5.32 Å². The van der Waals surface area contributed by atoms with Crippen molar-refractivity contribution in [2.75, 3.05) is 19.0 Å².